The summed E-state index contributed by atoms with van der Waals surface area (Å²) >= 11 is 0. The highest BCUT2D eigenvalue weighted by Gasteiger charge is 1.90. The normalized spacial score (nSPS) is 7.00. The minimum absolute atomic E-state index is 0.176. The third-order valence-corrected chi connectivity index (χ3v) is 0.365. The summed E-state index contributed by atoms with van der Waals surface area (Å²) in [5, 5.41) is 15.2. The lowest BCUT2D eigenvalue weighted by Gasteiger charge is -1.79. The van der Waals surface area contributed by atoms with Crippen molar-refractivity contribution in [3.8, 4) is 0 Å². The van der Waals surface area contributed by atoms with Gasteiger partial charge in [-0.2, -0.15) is 0 Å². The van der Waals surface area contributed by atoms with Crippen LogP contribution in [0.15, 0.2) is 12.2 Å². The van der Waals surface area contributed by atoms with E-state index in [4.69, 9.17) is 15.0 Å². The van der Waals surface area contributed by atoms with Gasteiger partial charge in [-0.25, -0.2) is 4.79 Å². The molecule has 0 heterocycles. The number of carbonyl (C=O) groups is 2. The van der Waals surface area contributed by atoms with Crippen LogP contribution in [-0.4, -0.2) is 22.2 Å². The van der Waals surface area contributed by atoms with Crippen LogP contribution < -0.4 is 0 Å². The third-order valence-electron chi connectivity index (χ3n) is 0.365. The van der Waals surface area contributed by atoms with Crippen LogP contribution in [0.2, 0.25) is 0 Å². The maximum Gasteiger partial charge on any atom is 0.330 e. The van der Waals surface area contributed by atoms with Gasteiger partial charge in [0, 0.05) is 5.57 Å². The molecule has 10 heavy (non-hydrogen) atoms. The van der Waals surface area contributed by atoms with Gasteiger partial charge in [-0.3, -0.25) is 4.79 Å². The minimum Gasteiger partial charge on any atom is -0.481 e. The number of carboxylic acids is 2. The molecule has 0 atom stereocenters. The van der Waals surface area contributed by atoms with Crippen molar-refractivity contribution in [3.63, 3.8) is 0 Å². The fourth-order valence-electron chi connectivity index (χ4n) is 0. The first-order chi connectivity index (χ1) is 4.37. The van der Waals surface area contributed by atoms with Gasteiger partial charge in [-0.1, -0.05) is 6.58 Å². The van der Waals surface area contributed by atoms with E-state index in [0.29, 0.717) is 0 Å². The predicted octanol–water partition coefficient (Wildman–Crippen LogP) is 0.552. The van der Waals surface area contributed by atoms with Gasteiger partial charge in [0.15, 0.2) is 0 Å². The molecule has 4 heteroatoms. The second-order valence-electron chi connectivity index (χ2n) is 1.48. The molecule has 0 aliphatic heterocycles. The predicted molar refractivity (Wildman–Crippen MR) is 35.4 cm³/mol. The maximum atomic E-state index is 9.60. The molecule has 2 N–H and O–H groups in total. The lowest BCUT2D eigenvalue weighted by Crippen LogP contribution is -1.92. The Morgan fingerprint density at radius 3 is 1.40 bits per heavy atom. The highest BCUT2D eigenvalue weighted by atomic mass is 16.4. The quantitative estimate of drug-likeness (QED) is 0.528. The Hall–Kier alpha value is -1.32. The summed E-state index contributed by atoms with van der Waals surface area (Å²) in [7, 11) is 0. The standard InChI is InChI=1S/C4H6O2.C2H3O2/c1-3(2)4(5)6;1-2(3)4/h1H2,2H3,(H,5,6);1H2,(H,3,4). The van der Waals surface area contributed by atoms with Crippen LogP contribution in [0.3, 0.4) is 0 Å². The Kier molecular flexibility index (Phi) is 6.67. The lowest BCUT2D eigenvalue weighted by molar-refractivity contribution is -0.133. The van der Waals surface area contributed by atoms with Crippen LogP contribution in [0, 0.1) is 6.92 Å². The highest BCUT2D eigenvalue weighted by Crippen LogP contribution is 1.81. The summed E-state index contributed by atoms with van der Waals surface area (Å²) in [5.41, 5.74) is 0.176. The Labute approximate surface area is 58.8 Å². The van der Waals surface area contributed by atoms with Crippen molar-refractivity contribution in [3.05, 3.63) is 19.1 Å². The number of hydrogen-bond acceptors (Lipinski definition) is 2. The molecule has 0 unspecified atom stereocenters. The number of rotatable bonds is 1. The fourth-order valence-corrected chi connectivity index (χ4v) is 0. The van der Waals surface area contributed by atoms with Crippen LogP contribution in [0.1, 0.15) is 6.92 Å². The van der Waals surface area contributed by atoms with E-state index in [1.165, 1.54) is 6.92 Å². The molecule has 1 radical (unpaired) electrons. The molecule has 0 aliphatic rings. The molecule has 0 aliphatic carbocycles. The average Bonchev–Trinajstić information content (AvgIpc) is 1.63. The molecule has 0 aromatic rings. The molecule has 0 fully saturated rings. The zero-order chi connectivity index (χ0) is 8.73. The zero-order valence-corrected chi connectivity index (χ0v) is 5.63. The van der Waals surface area contributed by atoms with Gasteiger partial charge < -0.3 is 10.2 Å². The first-order valence-electron chi connectivity index (χ1n) is 2.31. The molecule has 4 nitrogen and oxygen atoms in total. The molecule has 0 rings (SSSR count). The summed E-state index contributed by atoms with van der Waals surface area (Å²) in [6.07, 6.45) is 0. The van der Waals surface area contributed by atoms with Crippen molar-refractivity contribution in [2.45, 2.75) is 6.92 Å². The zero-order valence-electron chi connectivity index (χ0n) is 5.63. The van der Waals surface area contributed by atoms with E-state index in [-0.39, 0.29) is 5.57 Å². The molecule has 0 aromatic heterocycles. The van der Waals surface area contributed by atoms with Gasteiger partial charge in [0.05, 0.1) is 6.92 Å². The van der Waals surface area contributed by atoms with Crippen LogP contribution in [-0.2, 0) is 9.59 Å². The van der Waals surface area contributed by atoms with Crippen molar-refractivity contribution in [1.82, 2.24) is 0 Å². The molecular formula is C6H9O4. The fraction of sp³-hybridized carbons (Fsp3) is 0.167. The van der Waals surface area contributed by atoms with Gasteiger partial charge in [-0.05, 0) is 6.92 Å². The van der Waals surface area contributed by atoms with Crippen molar-refractivity contribution < 1.29 is 19.8 Å². The van der Waals surface area contributed by atoms with E-state index in [1.54, 1.807) is 0 Å². The van der Waals surface area contributed by atoms with Crippen molar-refractivity contribution in [1.29, 1.82) is 0 Å². The van der Waals surface area contributed by atoms with Crippen LogP contribution in [0.25, 0.3) is 0 Å². The minimum atomic E-state index is -1.08. The van der Waals surface area contributed by atoms with Crippen LogP contribution in [0.5, 0.6) is 0 Å². The Bertz CT molecular complexity index is 132. The monoisotopic (exact) mass is 145 g/mol. The molecule has 0 aromatic carbocycles. The molecule has 0 saturated carbocycles. The Balaban J connectivity index is 0. The Morgan fingerprint density at radius 2 is 1.40 bits per heavy atom. The molecule has 0 spiro atoms. The van der Waals surface area contributed by atoms with Crippen LogP contribution in [0.4, 0.5) is 0 Å². The second kappa shape index (κ2) is 5.81. The summed E-state index contributed by atoms with van der Waals surface area (Å²) in [6.45, 7) is 7.16. The van der Waals surface area contributed by atoms with E-state index < -0.39 is 11.9 Å². The topological polar surface area (TPSA) is 74.6 Å². The number of aliphatic carboxylic acids is 2. The maximum absolute atomic E-state index is 9.60. The Morgan fingerprint density at radius 1 is 1.30 bits per heavy atom. The smallest absolute Gasteiger partial charge is 0.330 e. The summed E-state index contributed by atoms with van der Waals surface area (Å²) in [6, 6.07) is 0. The molecular weight excluding hydrogens is 136 g/mol. The van der Waals surface area contributed by atoms with Gasteiger partial charge in [-0.15, -0.1) is 0 Å². The van der Waals surface area contributed by atoms with Gasteiger partial charge in [0.1, 0.15) is 0 Å². The third kappa shape index (κ3) is 30.0. The van der Waals surface area contributed by atoms with Crippen molar-refractivity contribution in [2.24, 2.45) is 0 Å². The summed E-state index contributed by atoms with van der Waals surface area (Å²) < 4.78 is 0. The molecule has 0 bridgehead atoms. The van der Waals surface area contributed by atoms with Gasteiger partial charge in [0.2, 0.25) is 0 Å². The molecule has 0 saturated heterocycles. The first kappa shape index (κ1) is 11.5. The van der Waals surface area contributed by atoms with Crippen molar-refractivity contribution in [2.75, 3.05) is 0 Å². The molecule has 57 valence electrons. The van der Waals surface area contributed by atoms with Crippen molar-refractivity contribution >= 4 is 11.9 Å². The summed E-state index contributed by atoms with van der Waals surface area (Å²) in [5.74, 6) is -2.02. The first-order valence-corrected chi connectivity index (χ1v) is 2.31. The highest BCUT2D eigenvalue weighted by molar-refractivity contribution is 5.84. The van der Waals surface area contributed by atoms with Gasteiger partial charge >= 0.3 is 11.9 Å². The summed E-state index contributed by atoms with van der Waals surface area (Å²) in [4.78, 5) is 18.5. The number of hydrogen-bond donors (Lipinski definition) is 2. The van der Waals surface area contributed by atoms with E-state index in [9.17, 15) is 4.79 Å². The van der Waals surface area contributed by atoms with E-state index in [0.717, 1.165) is 0 Å². The SMILES string of the molecule is C=C(C)C(=O)O.[CH2]C(=O)O. The van der Waals surface area contributed by atoms with E-state index in [2.05, 4.69) is 13.5 Å². The molecule has 0 amide bonds. The van der Waals surface area contributed by atoms with E-state index >= 15 is 0 Å². The number of carboxylic acid groups (broad SMARTS) is 2. The van der Waals surface area contributed by atoms with E-state index in [1.807, 2.05) is 0 Å². The second-order valence-corrected chi connectivity index (χ2v) is 1.48. The van der Waals surface area contributed by atoms with Crippen LogP contribution >= 0.6 is 0 Å². The average molecular weight is 145 g/mol. The lowest BCUT2D eigenvalue weighted by atomic mass is 10.4. The largest absolute Gasteiger partial charge is 0.481 e. The van der Waals surface area contributed by atoms with Gasteiger partial charge in [0.25, 0.3) is 0 Å².